The predicted octanol–water partition coefficient (Wildman–Crippen LogP) is 1.84. The third-order valence-electron chi connectivity index (χ3n) is 3.43. The van der Waals surface area contributed by atoms with Crippen LogP contribution in [0.3, 0.4) is 0 Å². The van der Waals surface area contributed by atoms with Gasteiger partial charge in [0.2, 0.25) is 0 Å². The zero-order valence-electron chi connectivity index (χ0n) is 10.7. The normalized spacial score (nSPS) is 14.3. The van der Waals surface area contributed by atoms with E-state index in [4.69, 9.17) is 4.74 Å². The van der Waals surface area contributed by atoms with E-state index < -0.39 is 0 Å². The van der Waals surface area contributed by atoms with Gasteiger partial charge in [-0.1, -0.05) is 6.07 Å². The van der Waals surface area contributed by atoms with Crippen molar-refractivity contribution in [1.82, 2.24) is 15.1 Å². The predicted molar refractivity (Wildman–Crippen MR) is 70.3 cm³/mol. The van der Waals surface area contributed by atoms with Crippen LogP contribution in [-0.4, -0.2) is 23.4 Å². The Bertz CT molecular complexity index is 574. The van der Waals surface area contributed by atoms with Gasteiger partial charge in [-0.25, -0.2) is 4.68 Å². The summed E-state index contributed by atoms with van der Waals surface area (Å²) < 4.78 is 7.32. The molecule has 4 heteroatoms. The Labute approximate surface area is 107 Å². The number of nitrogens with one attached hydrogen (secondary N) is 1. The summed E-state index contributed by atoms with van der Waals surface area (Å²) in [7, 11) is 1.69. The standard InChI is InChI=1S/C14H17N3O/c1-10-13-9-15-7-6-14(13)17(16-10)11-4-3-5-12(8-11)18-2/h3-5,8,15H,6-7,9H2,1-2H3. The largest absolute Gasteiger partial charge is 0.497 e. The molecule has 0 unspecified atom stereocenters. The first-order valence-corrected chi connectivity index (χ1v) is 6.22. The van der Waals surface area contributed by atoms with Crippen LogP contribution in [0, 0.1) is 6.92 Å². The number of rotatable bonds is 2. The number of aryl methyl sites for hydroxylation is 1. The van der Waals surface area contributed by atoms with Crippen molar-refractivity contribution in [3.8, 4) is 11.4 Å². The Kier molecular flexibility index (Phi) is 2.80. The van der Waals surface area contributed by atoms with Gasteiger partial charge in [-0.05, 0) is 19.1 Å². The lowest BCUT2D eigenvalue weighted by molar-refractivity contribution is 0.414. The van der Waals surface area contributed by atoms with Crippen LogP contribution in [0.15, 0.2) is 24.3 Å². The molecule has 3 rings (SSSR count). The molecule has 94 valence electrons. The number of methoxy groups -OCH3 is 1. The minimum atomic E-state index is 0.864. The van der Waals surface area contributed by atoms with E-state index in [-0.39, 0.29) is 0 Å². The van der Waals surface area contributed by atoms with Crippen LogP contribution in [0.25, 0.3) is 5.69 Å². The van der Waals surface area contributed by atoms with Gasteiger partial charge in [0, 0.05) is 31.1 Å². The average Bonchev–Trinajstić information content (AvgIpc) is 2.77. The van der Waals surface area contributed by atoms with Gasteiger partial charge in [0.05, 0.1) is 24.2 Å². The molecule has 0 atom stereocenters. The zero-order chi connectivity index (χ0) is 12.5. The molecule has 0 saturated heterocycles. The SMILES string of the molecule is COc1cccc(-n2nc(C)c3c2CCNC3)c1. The lowest BCUT2D eigenvalue weighted by atomic mass is 10.1. The third-order valence-corrected chi connectivity index (χ3v) is 3.43. The summed E-state index contributed by atoms with van der Waals surface area (Å²) in [4.78, 5) is 0. The summed E-state index contributed by atoms with van der Waals surface area (Å²) in [6, 6.07) is 8.04. The van der Waals surface area contributed by atoms with Crippen LogP contribution >= 0.6 is 0 Å². The van der Waals surface area contributed by atoms with Crippen LogP contribution in [0.4, 0.5) is 0 Å². The minimum Gasteiger partial charge on any atom is -0.497 e. The maximum atomic E-state index is 5.27. The van der Waals surface area contributed by atoms with Crippen LogP contribution in [-0.2, 0) is 13.0 Å². The summed E-state index contributed by atoms with van der Waals surface area (Å²) in [6.07, 6.45) is 1.02. The van der Waals surface area contributed by atoms with Gasteiger partial charge in [0.25, 0.3) is 0 Å². The van der Waals surface area contributed by atoms with E-state index >= 15 is 0 Å². The topological polar surface area (TPSA) is 39.1 Å². The Hall–Kier alpha value is -1.81. The fourth-order valence-electron chi connectivity index (χ4n) is 2.47. The number of aromatic nitrogens is 2. The second-order valence-corrected chi connectivity index (χ2v) is 4.55. The molecule has 0 aliphatic carbocycles. The van der Waals surface area contributed by atoms with E-state index in [1.54, 1.807) is 7.11 Å². The van der Waals surface area contributed by atoms with Crippen molar-refractivity contribution < 1.29 is 4.74 Å². The number of nitrogens with zero attached hydrogens (tertiary/aromatic N) is 2. The number of fused-ring (bicyclic) bond motifs is 1. The van der Waals surface area contributed by atoms with Crippen LogP contribution in [0.5, 0.6) is 5.75 Å². The Morgan fingerprint density at radius 2 is 2.28 bits per heavy atom. The highest BCUT2D eigenvalue weighted by Crippen LogP contribution is 2.23. The first-order valence-electron chi connectivity index (χ1n) is 6.22. The second kappa shape index (κ2) is 4.46. The molecule has 0 amide bonds. The molecule has 1 aromatic heterocycles. The number of ether oxygens (including phenoxy) is 1. The second-order valence-electron chi connectivity index (χ2n) is 4.55. The molecule has 0 bridgehead atoms. The molecule has 2 heterocycles. The highest BCUT2D eigenvalue weighted by Gasteiger charge is 2.19. The highest BCUT2D eigenvalue weighted by atomic mass is 16.5. The first kappa shape index (κ1) is 11.3. The summed E-state index contributed by atoms with van der Waals surface area (Å²) in [5.74, 6) is 0.864. The molecule has 2 aromatic rings. The van der Waals surface area contributed by atoms with Crippen molar-refractivity contribution in [1.29, 1.82) is 0 Å². The van der Waals surface area contributed by atoms with Crippen molar-refractivity contribution in [2.75, 3.05) is 13.7 Å². The van der Waals surface area contributed by atoms with E-state index in [2.05, 4.69) is 23.4 Å². The van der Waals surface area contributed by atoms with Crippen LogP contribution in [0.1, 0.15) is 17.0 Å². The first-order chi connectivity index (χ1) is 8.79. The molecule has 1 aromatic carbocycles. The van der Waals surface area contributed by atoms with Crippen LogP contribution < -0.4 is 10.1 Å². The van der Waals surface area contributed by atoms with Crippen molar-refractivity contribution >= 4 is 0 Å². The fourth-order valence-corrected chi connectivity index (χ4v) is 2.47. The zero-order valence-corrected chi connectivity index (χ0v) is 10.7. The fraction of sp³-hybridized carbons (Fsp3) is 0.357. The van der Waals surface area contributed by atoms with Crippen molar-refractivity contribution in [3.05, 3.63) is 41.2 Å². The van der Waals surface area contributed by atoms with Crippen LogP contribution in [0.2, 0.25) is 0 Å². The molecular formula is C14H17N3O. The molecule has 1 aliphatic rings. The molecule has 1 N–H and O–H groups in total. The molecule has 4 nitrogen and oxygen atoms in total. The van der Waals surface area contributed by atoms with Gasteiger partial charge in [0.15, 0.2) is 0 Å². The molecule has 0 fully saturated rings. The lowest BCUT2D eigenvalue weighted by Crippen LogP contribution is -2.24. The Morgan fingerprint density at radius 1 is 1.39 bits per heavy atom. The van der Waals surface area contributed by atoms with Crippen molar-refractivity contribution in [3.63, 3.8) is 0 Å². The monoisotopic (exact) mass is 243 g/mol. The van der Waals surface area contributed by atoms with Gasteiger partial charge in [0.1, 0.15) is 5.75 Å². The quantitative estimate of drug-likeness (QED) is 0.874. The maximum Gasteiger partial charge on any atom is 0.121 e. The lowest BCUT2D eigenvalue weighted by Gasteiger charge is -2.15. The number of hydrogen-bond donors (Lipinski definition) is 1. The average molecular weight is 243 g/mol. The Morgan fingerprint density at radius 3 is 3.11 bits per heavy atom. The van der Waals surface area contributed by atoms with E-state index in [1.807, 2.05) is 22.9 Å². The van der Waals surface area contributed by atoms with Gasteiger partial charge in [-0.2, -0.15) is 5.10 Å². The maximum absolute atomic E-state index is 5.27. The summed E-state index contributed by atoms with van der Waals surface area (Å²) >= 11 is 0. The van der Waals surface area contributed by atoms with Crippen molar-refractivity contribution in [2.45, 2.75) is 19.9 Å². The van der Waals surface area contributed by atoms with Gasteiger partial charge < -0.3 is 10.1 Å². The molecule has 1 aliphatic heterocycles. The van der Waals surface area contributed by atoms with Gasteiger partial charge in [-0.15, -0.1) is 0 Å². The van der Waals surface area contributed by atoms with Gasteiger partial charge >= 0.3 is 0 Å². The summed E-state index contributed by atoms with van der Waals surface area (Å²) in [5, 5.41) is 8.05. The summed E-state index contributed by atoms with van der Waals surface area (Å²) in [5.41, 5.74) is 4.84. The third kappa shape index (κ3) is 1.78. The van der Waals surface area contributed by atoms with Crippen molar-refractivity contribution in [2.24, 2.45) is 0 Å². The molecule has 0 spiro atoms. The smallest absolute Gasteiger partial charge is 0.121 e. The molecule has 18 heavy (non-hydrogen) atoms. The highest BCUT2D eigenvalue weighted by molar-refractivity contribution is 5.42. The molecule has 0 saturated carbocycles. The number of benzene rings is 1. The summed E-state index contributed by atoms with van der Waals surface area (Å²) in [6.45, 7) is 4.01. The van der Waals surface area contributed by atoms with E-state index in [0.29, 0.717) is 0 Å². The van der Waals surface area contributed by atoms with E-state index in [1.165, 1.54) is 11.3 Å². The van der Waals surface area contributed by atoms with E-state index in [0.717, 1.165) is 36.6 Å². The number of hydrogen-bond acceptors (Lipinski definition) is 3. The molecular weight excluding hydrogens is 226 g/mol. The van der Waals surface area contributed by atoms with Gasteiger partial charge in [-0.3, -0.25) is 0 Å². The minimum absolute atomic E-state index is 0.864. The molecule has 0 radical (unpaired) electrons. The van der Waals surface area contributed by atoms with E-state index in [9.17, 15) is 0 Å². The Balaban J connectivity index is 2.11.